The zero-order valence-electron chi connectivity index (χ0n) is 35.8. The van der Waals surface area contributed by atoms with E-state index in [1.54, 1.807) is 0 Å². The Morgan fingerprint density at radius 2 is 0.708 bits per heavy atom. The lowest BCUT2D eigenvalue weighted by atomic mass is 9.81. The molecule has 11 rings (SSSR count). The summed E-state index contributed by atoms with van der Waals surface area (Å²) >= 11 is 0. The Bertz CT molecular complexity index is 3470. The van der Waals surface area contributed by atoms with Gasteiger partial charge in [0.25, 0.3) is 0 Å². The van der Waals surface area contributed by atoms with E-state index in [2.05, 4.69) is 224 Å². The highest BCUT2D eigenvalue weighted by molar-refractivity contribution is 6.24. The smallest absolute Gasteiger partial charge is 0.0870 e. The molecule has 0 bridgehead atoms. The van der Waals surface area contributed by atoms with Gasteiger partial charge in [0.15, 0.2) is 0 Å². The van der Waals surface area contributed by atoms with Crippen LogP contribution in [0.25, 0.3) is 88.3 Å². The molecule has 0 saturated carbocycles. The van der Waals surface area contributed by atoms with Crippen LogP contribution in [-0.2, 0) is 0 Å². The van der Waals surface area contributed by atoms with Gasteiger partial charge in [0.05, 0.1) is 11.4 Å². The maximum Gasteiger partial charge on any atom is 0.0870 e. The third-order valence-electron chi connectivity index (χ3n) is 12.3. The van der Waals surface area contributed by atoms with Gasteiger partial charge in [-0.1, -0.05) is 224 Å². The molecule has 0 radical (unpaired) electrons. The zero-order chi connectivity index (χ0) is 43.4. The number of aliphatic imine (C=N–C) groups is 1. The normalized spacial score (nSPS) is 11.3. The molecular weight excluding hydrogens is 785 g/mol. The molecule has 2 nitrogen and oxygen atoms in total. The maximum absolute atomic E-state index is 5.00. The SMILES string of the molecule is C(=N\c1cc(-c2ccc(-c3ccc4c(-c5ccccc5-c5ccccc5)c5ccccc5c(-c5ccccc5-c5ccccc5)c4c3)cc2)ccc1Nc1ccccc1)/c1ccccc1. The minimum absolute atomic E-state index is 0.869. The Balaban J connectivity index is 1.07. The number of benzene rings is 11. The second-order valence-electron chi connectivity index (χ2n) is 16.3. The highest BCUT2D eigenvalue weighted by Crippen LogP contribution is 2.49. The summed E-state index contributed by atoms with van der Waals surface area (Å²) < 4.78 is 0. The van der Waals surface area contributed by atoms with Crippen molar-refractivity contribution in [3.8, 4) is 66.8 Å². The maximum atomic E-state index is 5.00. The molecule has 0 aromatic heterocycles. The Morgan fingerprint density at radius 3 is 1.28 bits per heavy atom. The van der Waals surface area contributed by atoms with E-state index in [0.717, 1.165) is 44.9 Å². The molecule has 0 aliphatic heterocycles. The summed E-state index contributed by atoms with van der Waals surface area (Å²) in [7, 11) is 0. The van der Waals surface area contributed by atoms with Crippen LogP contribution in [0.1, 0.15) is 5.56 Å². The molecule has 11 aromatic carbocycles. The van der Waals surface area contributed by atoms with Gasteiger partial charge in [-0.2, -0.15) is 0 Å². The summed E-state index contributed by atoms with van der Waals surface area (Å²) in [5, 5.41) is 8.48. The van der Waals surface area contributed by atoms with Crippen molar-refractivity contribution < 1.29 is 0 Å². The van der Waals surface area contributed by atoms with Crippen molar-refractivity contribution >= 4 is 44.8 Å². The van der Waals surface area contributed by atoms with Gasteiger partial charge in [-0.25, -0.2) is 0 Å². The zero-order valence-corrected chi connectivity index (χ0v) is 35.8. The molecule has 0 heterocycles. The van der Waals surface area contributed by atoms with E-state index in [1.807, 2.05) is 42.6 Å². The van der Waals surface area contributed by atoms with Gasteiger partial charge < -0.3 is 5.32 Å². The Labute approximate surface area is 380 Å². The summed E-state index contributed by atoms with van der Waals surface area (Å²) in [5.41, 5.74) is 18.2. The fraction of sp³-hybridized carbons (Fsp3) is 0. The van der Waals surface area contributed by atoms with Crippen LogP contribution in [0.15, 0.2) is 260 Å². The Morgan fingerprint density at radius 1 is 0.292 bits per heavy atom. The van der Waals surface area contributed by atoms with Crippen molar-refractivity contribution in [1.29, 1.82) is 0 Å². The molecule has 0 amide bonds. The fourth-order valence-corrected chi connectivity index (χ4v) is 9.22. The van der Waals surface area contributed by atoms with Crippen LogP contribution in [0.4, 0.5) is 17.1 Å². The number of fused-ring (bicyclic) bond motifs is 2. The van der Waals surface area contributed by atoms with Crippen molar-refractivity contribution in [1.82, 2.24) is 0 Å². The van der Waals surface area contributed by atoms with Crippen molar-refractivity contribution in [2.24, 2.45) is 4.99 Å². The second kappa shape index (κ2) is 17.6. The van der Waals surface area contributed by atoms with E-state index >= 15 is 0 Å². The molecule has 65 heavy (non-hydrogen) atoms. The third kappa shape index (κ3) is 7.90. The third-order valence-corrected chi connectivity index (χ3v) is 12.3. The summed E-state index contributed by atoms with van der Waals surface area (Å²) in [6.07, 6.45) is 1.93. The number of rotatable bonds is 10. The molecule has 0 aliphatic carbocycles. The second-order valence-corrected chi connectivity index (χ2v) is 16.3. The molecule has 0 atom stereocenters. The van der Waals surface area contributed by atoms with Crippen LogP contribution < -0.4 is 5.32 Å². The number of nitrogens with one attached hydrogen (secondary N) is 1. The summed E-state index contributed by atoms with van der Waals surface area (Å²) in [5.74, 6) is 0. The standard InChI is InChI=1S/C63H44N2/c1-5-19-44(20-6-1)43-64-61-42-50(38-40-60(61)65-51-25-11-4-12-26-51)46-35-33-45(34-36-46)49-37-39-58-59(41-49)63(55-30-16-14-28-53(55)48-23-9-3-10-24-48)57-32-18-17-31-56(57)62(58)54-29-15-13-27-52(54)47-21-7-2-8-22-47/h1-43,65H/b64-43+. The molecule has 0 fully saturated rings. The first-order valence-electron chi connectivity index (χ1n) is 22.2. The van der Waals surface area contributed by atoms with Gasteiger partial charge >= 0.3 is 0 Å². The highest BCUT2D eigenvalue weighted by Gasteiger charge is 2.21. The molecule has 1 N–H and O–H groups in total. The number of anilines is 2. The molecule has 306 valence electrons. The lowest BCUT2D eigenvalue weighted by Crippen LogP contribution is -1.94. The average molecular weight is 829 g/mol. The van der Waals surface area contributed by atoms with Gasteiger partial charge in [-0.05, 0) is 124 Å². The van der Waals surface area contributed by atoms with Crippen LogP contribution in [0.5, 0.6) is 0 Å². The van der Waals surface area contributed by atoms with Crippen molar-refractivity contribution in [3.63, 3.8) is 0 Å². The van der Waals surface area contributed by atoms with E-state index in [4.69, 9.17) is 4.99 Å². The van der Waals surface area contributed by atoms with Gasteiger partial charge in [-0.3, -0.25) is 4.99 Å². The van der Waals surface area contributed by atoms with Crippen LogP contribution in [0, 0.1) is 0 Å². The number of para-hydroxylation sites is 1. The van der Waals surface area contributed by atoms with Gasteiger partial charge in [-0.15, -0.1) is 0 Å². The van der Waals surface area contributed by atoms with Crippen molar-refractivity contribution in [3.05, 3.63) is 260 Å². The first-order valence-corrected chi connectivity index (χ1v) is 22.2. The van der Waals surface area contributed by atoms with E-state index in [1.165, 1.54) is 66.1 Å². The van der Waals surface area contributed by atoms with Gasteiger partial charge in [0.2, 0.25) is 0 Å². The predicted octanol–water partition coefficient (Wildman–Crippen LogP) is 17.5. The van der Waals surface area contributed by atoms with E-state index in [0.29, 0.717) is 0 Å². The van der Waals surface area contributed by atoms with Gasteiger partial charge in [0, 0.05) is 11.9 Å². The molecule has 11 aromatic rings. The molecule has 0 spiro atoms. The lowest BCUT2D eigenvalue weighted by molar-refractivity contribution is 1.47. The molecule has 0 saturated heterocycles. The van der Waals surface area contributed by atoms with Crippen molar-refractivity contribution in [2.45, 2.75) is 0 Å². The topological polar surface area (TPSA) is 24.4 Å². The van der Waals surface area contributed by atoms with Crippen LogP contribution in [-0.4, -0.2) is 6.21 Å². The minimum Gasteiger partial charge on any atom is -0.354 e. The number of hydrogen-bond donors (Lipinski definition) is 1. The Kier molecular flexibility index (Phi) is 10.7. The van der Waals surface area contributed by atoms with Gasteiger partial charge in [0.1, 0.15) is 0 Å². The average Bonchev–Trinajstić information content (AvgIpc) is 3.38. The van der Waals surface area contributed by atoms with Crippen LogP contribution >= 0.6 is 0 Å². The van der Waals surface area contributed by atoms with Crippen LogP contribution in [0.2, 0.25) is 0 Å². The summed E-state index contributed by atoms with van der Waals surface area (Å²) in [6.45, 7) is 0. The highest BCUT2D eigenvalue weighted by atomic mass is 14.9. The lowest BCUT2D eigenvalue weighted by Gasteiger charge is -2.22. The molecule has 0 aliphatic rings. The Hall–Kier alpha value is -8.59. The van der Waals surface area contributed by atoms with Crippen molar-refractivity contribution in [2.75, 3.05) is 5.32 Å². The number of hydrogen-bond acceptors (Lipinski definition) is 2. The first kappa shape index (κ1) is 39.3. The fourth-order valence-electron chi connectivity index (χ4n) is 9.22. The summed E-state index contributed by atoms with van der Waals surface area (Å²) in [4.78, 5) is 5.00. The quantitative estimate of drug-likeness (QED) is 0.108. The minimum atomic E-state index is 0.869. The number of nitrogens with zero attached hydrogens (tertiary/aromatic N) is 1. The van der Waals surface area contributed by atoms with E-state index in [9.17, 15) is 0 Å². The summed E-state index contributed by atoms with van der Waals surface area (Å²) in [6, 6.07) is 91.3. The first-order chi connectivity index (χ1) is 32.2. The molecule has 2 heteroatoms. The van der Waals surface area contributed by atoms with E-state index < -0.39 is 0 Å². The van der Waals surface area contributed by atoms with E-state index in [-0.39, 0.29) is 0 Å². The molecular formula is C63H44N2. The van der Waals surface area contributed by atoms with Crippen LogP contribution in [0.3, 0.4) is 0 Å². The monoisotopic (exact) mass is 828 g/mol. The largest absolute Gasteiger partial charge is 0.354 e. The predicted molar refractivity (Wildman–Crippen MR) is 277 cm³/mol. The molecule has 0 unspecified atom stereocenters.